The van der Waals surface area contributed by atoms with Crippen LogP contribution in [-0.2, 0) is 0 Å². The fourth-order valence-electron chi connectivity index (χ4n) is 1.90. The summed E-state index contributed by atoms with van der Waals surface area (Å²) >= 11 is 5.58. The van der Waals surface area contributed by atoms with Gasteiger partial charge in [0.1, 0.15) is 5.82 Å². The van der Waals surface area contributed by atoms with Crippen LogP contribution in [0, 0.1) is 5.82 Å². The maximum Gasteiger partial charge on any atom is 0.251 e. The molecule has 0 saturated carbocycles. The van der Waals surface area contributed by atoms with Crippen LogP contribution in [0.2, 0.25) is 5.02 Å². The number of carbonyl (C=O) groups excluding carboxylic acids is 1. The first-order chi connectivity index (χ1) is 9.49. The second-order valence-electron chi connectivity index (χ2n) is 4.45. The Morgan fingerprint density at radius 3 is 2.65 bits per heavy atom. The van der Waals surface area contributed by atoms with Crippen molar-refractivity contribution in [2.45, 2.75) is 13.0 Å². The molecule has 1 amide bonds. The number of hydrogen-bond donors (Lipinski definition) is 2. The summed E-state index contributed by atoms with van der Waals surface area (Å²) in [6, 6.07) is 10.9. The number of nitrogens with one attached hydrogen (secondary N) is 1. The highest BCUT2D eigenvalue weighted by atomic mass is 35.5. The lowest BCUT2D eigenvalue weighted by molar-refractivity contribution is 0.0939. The highest BCUT2D eigenvalue weighted by molar-refractivity contribution is 6.30. The third-order valence-corrected chi connectivity index (χ3v) is 3.30. The zero-order chi connectivity index (χ0) is 14.7. The standard InChI is InChI=1S/C15H14ClFN2O/c1-9(11-4-2-3-5-14(11)18)19-15(20)10-6-7-12(16)13(17)8-10/h2-9H,18H2,1H3,(H,19,20). The fourth-order valence-corrected chi connectivity index (χ4v) is 2.02. The SMILES string of the molecule is CC(NC(=O)c1ccc(Cl)c(F)c1)c1ccccc1N. The molecule has 2 aromatic rings. The molecule has 1 atom stereocenters. The number of para-hydroxylation sites is 1. The predicted octanol–water partition coefficient (Wildman–Crippen LogP) is 3.55. The summed E-state index contributed by atoms with van der Waals surface area (Å²) in [4.78, 5) is 12.0. The Bertz CT molecular complexity index is 646. The first-order valence-electron chi connectivity index (χ1n) is 6.09. The van der Waals surface area contributed by atoms with Crippen LogP contribution in [0.25, 0.3) is 0 Å². The van der Waals surface area contributed by atoms with E-state index in [1.165, 1.54) is 12.1 Å². The van der Waals surface area contributed by atoms with Crippen molar-refractivity contribution in [2.75, 3.05) is 5.73 Å². The molecule has 0 aliphatic heterocycles. The number of rotatable bonds is 3. The van der Waals surface area contributed by atoms with Gasteiger partial charge in [-0.3, -0.25) is 4.79 Å². The van der Waals surface area contributed by atoms with Gasteiger partial charge in [0.25, 0.3) is 5.91 Å². The maximum atomic E-state index is 13.3. The van der Waals surface area contributed by atoms with Gasteiger partial charge in [-0.2, -0.15) is 0 Å². The molecule has 0 saturated heterocycles. The van der Waals surface area contributed by atoms with E-state index in [1.807, 2.05) is 25.1 Å². The first-order valence-corrected chi connectivity index (χ1v) is 6.47. The van der Waals surface area contributed by atoms with Crippen molar-refractivity contribution in [3.63, 3.8) is 0 Å². The van der Waals surface area contributed by atoms with Crippen LogP contribution in [-0.4, -0.2) is 5.91 Å². The summed E-state index contributed by atoms with van der Waals surface area (Å²) in [5.74, 6) is -0.998. The Morgan fingerprint density at radius 2 is 2.00 bits per heavy atom. The Hall–Kier alpha value is -2.07. The lowest BCUT2D eigenvalue weighted by Gasteiger charge is -2.16. The number of nitrogens with two attached hydrogens (primary N) is 1. The number of carbonyl (C=O) groups is 1. The van der Waals surface area contributed by atoms with E-state index >= 15 is 0 Å². The summed E-state index contributed by atoms with van der Waals surface area (Å²) in [7, 11) is 0. The molecular weight excluding hydrogens is 279 g/mol. The molecule has 0 aromatic heterocycles. The molecular formula is C15H14ClFN2O. The van der Waals surface area contributed by atoms with Crippen molar-refractivity contribution in [3.8, 4) is 0 Å². The van der Waals surface area contributed by atoms with Gasteiger partial charge in [0.2, 0.25) is 0 Å². The molecule has 3 nitrogen and oxygen atoms in total. The molecule has 3 N–H and O–H groups in total. The van der Waals surface area contributed by atoms with Gasteiger partial charge in [-0.05, 0) is 36.8 Å². The predicted molar refractivity (Wildman–Crippen MR) is 78.1 cm³/mol. The summed E-state index contributed by atoms with van der Waals surface area (Å²) in [6.07, 6.45) is 0. The van der Waals surface area contributed by atoms with Crippen LogP contribution >= 0.6 is 11.6 Å². The topological polar surface area (TPSA) is 55.1 Å². The largest absolute Gasteiger partial charge is 0.398 e. The van der Waals surface area contributed by atoms with Crippen LogP contribution in [0.3, 0.4) is 0 Å². The van der Waals surface area contributed by atoms with Crippen molar-refractivity contribution in [1.82, 2.24) is 5.32 Å². The molecule has 20 heavy (non-hydrogen) atoms. The number of hydrogen-bond acceptors (Lipinski definition) is 2. The van der Waals surface area contributed by atoms with Gasteiger partial charge in [-0.25, -0.2) is 4.39 Å². The lowest BCUT2D eigenvalue weighted by atomic mass is 10.1. The van der Waals surface area contributed by atoms with Crippen molar-refractivity contribution < 1.29 is 9.18 Å². The average Bonchev–Trinajstić information content (AvgIpc) is 2.42. The minimum atomic E-state index is -0.619. The Kier molecular flexibility index (Phi) is 4.25. The normalized spacial score (nSPS) is 11.9. The molecule has 2 rings (SSSR count). The van der Waals surface area contributed by atoms with Crippen LogP contribution in [0.5, 0.6) is 0 Å². The number of amides is 1. The number of nitrogen functional groups attached to an aromatic ring is 1. The smallest absolute Gasteiger partial charge is 0.251 e. The average molecular weight is 293 g/mol. The van der Waals surface area contributed by atoms with Crippen molar-refractivity contribution in [3.05, 3.63) is 64.4 Å². The van der Waals surface area contributed by atoms with Crippen LogP contribution in [0.4, 0.5) is 10.1 Å². The van der Waals surface area contributed by atoms with E-state index in [0.29, 0.717) is 5.69 Å². The minimum absolute atomic E-state index is 0.0121. The highest BCUT2D eigenvalue weighted by Gasteiger charge is 2.14. The van der Waals surface area contributed by atoms with E-state index in [2.05, 4.69) is 5.32 Å². The molecule has 0 radical (unpaired) electrons. The molecule has 1 unspecified atom stereocenters. The van der Waals surface area contributed by atoms with Crippen molar-refractivity contribution in [2.24, 2.45) is 0 Å². The lowest BCUT2D eigenvalue weighted by Crippen LogP contribution is -2.27. The molecule has 0 aliphatic rings. The van der Waals surface area contributed by atoms with Crippen LogP contribution in [0.1, 0.15) is 28.9 Å². The number of anilines is 1. The van der Waals surface area contributed by atoms with Gasteiger partial charge >= 0.3 is 0 Å². The van der Waals surface area contributed by atoms with Gasteiger partial charge in [-0.1, -0.05) is 29.8 Å². The highest BCUT2D eigenvalue weighted by Crippen LogP contribution is 2.20. The van der Waals surface area contributed by atoms with Gasteiger partial charge in [-0.15, -0.1) is 0 Å². The fraction of sp³-hybridized carbons (Fsp3) is 0.133. The molecule has 0 bridgehead atoms. The number of benzene rings is 2. The molecule has 0 aliphatic carbocycles. The molecule has 104 valence electrons. The third kappa shape index (κ3) is 3.08. The summed E-state index contributed by atoms with van der Waals surface area (Å²) in [5, 5.41) is 2.76. The van der Waals surface area contributed by atoms with Gasteiger partial charge < -0.3 is 11.1 Å². The second-order valence-corrected chi connectivity index (χ2v) is 4.86. The first kappa shape index (κ1) is 14.3. The quantitative estimate of drug-likeness (QED) is 0.850. The molecule has 0 heterocycles. The zero-order valence-corrected chi connectivity index (χ0v) is 11.6. The van der Waals surface area contributed by atoms with E-state index < -0.39 is 5.82 Å². The molecule has 5 heteroatoms. The Labute approximate surface area is 121 Å². The minimum Gasteiger partial charge on any atom is -0.398 e. The summed E-state index contributed by atoms with van der Waals surface area (Å²) < 4.78 is 13.3. The maximum absolute atomic E-state index is 13.3. The monoisotopic (exact) mass is 292 g/mol. The Morgan fingerprint density at radius 1 is 1.30 bits per heavy atom. The van der Waals surface area contributed by atoms with Gasteiger partial charge in [0, 0.05) is 11.3 Å². The van der Waals surface area contributed by atoms with Crippen LogP contribution < -0.4 is 11.1 Å². The van der Waals surface area contributed by atoms with Crippen LogP contribution in [0.15, 0.2) is 42.5 Å². The second kappa shape index (κ2) is 5.92. The van der Waals surface area contributed by atoms with Crippen molar-refractivity contribution >= 4 is 23.2 Å². The zero-order valence-electron chi connectivity index (χ0n) is 10.9. The molecule has 0 spiro atoms. The van der Waals surface area contributed by atoms with E-state index in [4.69, 9.17) is 17.3 Å². The number of halogens is 2. The summed E-state index contributed by atoms with van der Waals surface area (Å²) in [5.41, 5.74) is 7.48. The van der Waals surface area contributed by atoms with Gasteiger partial charge in [0.15, 0.2) is 0 Å². The third-order valence-electron chi connectivity index (χ3n) is 2.99. The van der Waals surface area contributed by atoms with Gasteiger partial charge in [0.05, 0.1) is 11.1 Å². The van der Waals surface area contributed by atoms with E-state index in [0.717, 1.165) is 11.6 Å². The van der Waals surface area contributed by atoms with Crippen molar-refractivity contribution in [1.29, 1.82) is 0 Å². The molecule has 2 aromatic carbocycles. The van der Waals surface area contributed by atoms with E-state index in [9.17, 15) is 9.18 Å². The molecule has 0 fully saturated rings. The van der Waals surface area contributed by atoms with E-state index in [-0.39, 0.29) is 22.5 Å². The summed E-state index contributed by atoms with van der Waals surface area (Å²) in [6.45, 7) is 1.82. The van der Waals surface area contributed by atoms with E-state index in [1.54, 1.807) is 6.07 Å². The Balaban J connectivity index is 2.15.